The molecule has 0 unspecified atom stereocenters. The lowest BCUT2D eigenvalue weighted by Gasteiger charge is -2.26. The average molecular weight is 295 g/mol. The molecule has 0 bridgehead atoms. The number of hydrogen-bond donors (Lipinski definition) is 2. The molecule has 5 nitrogen and oxygen atoms in total. The van der Waals surface area contributed by atoms with Crippen molar-refractivity contribution in [2.75, 3.05) is 39.3 Å². The summed E-state index contributed by atoms with van der Waals surface area (Å²) < 4.78 is 5.56. The van der Waals surface area contributed by atoms with Crippen molar-refractivity contribution < 1.29 is 9.84 Å². The normalized spacial score (nSPS) is 15.2. The van der Waals surface area contributed by atoms with E-state index < -0.39 is 0 Å². The van der Waals surface area contributed by atoms with Crippen LogP contribution in [0.25, 0.3) is 0 Å². The van der Waals surface area contributed by atoms with Gasteiger partial charge in [0.15, 0.2) is 0 Å². The maximum atomic E-state index is 8.90. The fourth-order valence-corrected chi connectivity index (χ4v) is 1.99. The number of nitrogens with zero attached hydrogens (tertiary/aromatic N) is 2. The highest BCUT2D eigenvalue weighted by Crippen LogP contribution is 2.07. The second-order valence-corrected chi connectivity index (χ2v) is 5.16. The average Bonchev–Trinajstić information content (AvgIpc) is 2.54. The van der Waals surface area contributed by atoms with Gasteiger partial charge >= 0.3 is 0 Å². The first-order valence-corrected chi connectivity index (χ1v) is 7.91. The Morgan fingerprint density at radius 3 is 2.57 bits per heavy atom. The van der Waals surface area contributed by atoms with Crippen molar-refractivity contribution in [3.05, 3.63) is 23.9 Å². The molecule has 2 rings (SSSR count). The highest BCUT2D eigenvalue weighted by atomic mass is 16.5. The molecule has 0 amide bonds. The van der Waals surface area contributed by atoms with Crippen LogP contribution in [0.1, 0.15) is 32.3 Å². The van der Waals surface area contributed by atoms with E-state index in [9.17, 15) is 0 Å². The largest absolute Gasteiger partial charge is 0.478 e. The second-order valence-electron chi connectivity index (χ2n) is 5.16. The Morgan fingerprint density at radius 2 is 2.00 bits per heavy atom. The molecule has 1 aromatic heterocycles. The number of nitrogens with one attached hydrogen (secondary N) is 1. The zero-order valence-electron chi connectivity index (χ0n) is 13.3. The number of pyridine rings is 1. The third kappa shape index (κ3) is 7.99. The van der Waals surface area contributed by atoms with Gasteiger partial charge in [-0.2, -0.15) is 0 Å². The van der Waals surface area contributed by atoms with E-state index in [4.69, 9.17) is 9.84 Å². The van der Waals surface area contributed by atoms with Gasteiger partial charge in [0, 0.05) is 45.0 Å². The number of piperazine rings is 1. The SMILES string of the molecule is CCC.OCc1ccc(OCCCN2CCNCC2)nc1. The number of aromatic nitrogens is 1. The van der Waals surface area contributed by atoms with Gasteiger partial charge in [0.05, 0.1) is 13.2 Å². The molecule has 21 heavy (non-hydrogen) atoms. The van der Waals surface area contributed by atoms with Gasteiger partial charge in [-0.05, 0) is 18.1 Å². The van der Waals surface area contributed by atoms with Gasteiger partial charge in [0.2, 0.25) is 5.88 Å². The van der Waals surface area contributed by atoms with Crippen LogP contribution in [0.5, 0.6) is 5.88 Å². The van der Waals surface area contributed by atoms with E-state index in [1.54, 1.807) is 12.3 Å². The van der Waals surface area contributed by atoms with Crippen LogP contribution < -0.4 is 10.1 Å². The first kappa shape index (κ1) is 17.9. The minimum absolute atomic E-state index is 0.0241. The lowest BCUT2D eigenvalue weighted by Crippen LogP contribution is -2.43. The molecule has 1 aliphatic rings. The molecule has 2 heterocycles. The summed E-state index contributed by atoms with van der Waals surface area (Å²) in [7, 11) is 0. The highest BCUT2D eigenvalue weighted by Gasteiger charge is 2.08. The Labute approximate surface area is 128 Å². The predicted octanol–water partition coefficient (Wildman–Crippen LogP) is 1.66. The molecule has 1 aliphatic heterocycles. The zero-order valence-corrected chi connectivity index (χ0v) is 13.3. The van der Waals surface area contributed by atoms with E-state index in [-0.39, 0.29) is 6.61 Å². The third-order valence-electron chi connectivity index (χ3n) is 3.06. The molecule has 5 heteroatoms. The van der Waals surface area contributed by atoms with Crippen molar-refractivity contribution in [2.24, 2.45) is 0 Å². The van der Waals surface area contributed by atoms with Crippen molar-refractivity contribution in [3.63, 3.8) is 0 Å². The van der Waals surface area contributed by atoms with Gasteiger partial charge in [-0.15, -0.1) is 0 Å². The first-order chi connectivity index (χ1) is 10.3. The molecule has 0 aromatic carbocycles. The number of hydrogen-bond acceptors (Lipinski definition) is 5. The molecule has 0 radical (unpaired) electrons. The van der Waals surface area contributed by atoms with Crippen LogP contribution in [0.3, 0.4) is 0 Å². The smallest absolute Gasteiger partial charge is 0.213 e. The molecule has 0 atom stereocenters. The van der Waals surface area contributed by atoms with Gasteiger partial charge in [-0.25, -0.2) is 4.98 Å². The van der Waals surface area contributed by atoms with Crippen LogP contribution in [-0.4, -0.2) is 54.3 Å². The molecular weight excluding hydrogens is 266 g/mol. The van der Waals surface area contributed by atoms with E-state index in [1.165, 1.54) is 6.42 Å². The summed E-state index contributed by atoms with van der Waals surface area (Å²) in [5.74, 6) is 0.632. The summed E-state index contributed by atoms with van der Waals surface area (Å²) in [6.45, 7) is 10.5. The summed E-state index contributed by atoms with van der Waals surface area (Å²) in [6.07, 6.45) is 3.91. The molecule has 1 fully saturated rings. The number of aliphatic hydroxyl groups is 1. The van der Waals surface area contributed by atoms with Gasteiger partial charge in [0.1, 0.15) is 0 Å². The Kier molecular flexibility index (Phi) is 9.78. The van der Waals surface area contributed by atoms with E-state index in [2.05, 4.69) is 29.0 Å². The lowest BCUT2D eigenvalue weighted by molar-refractivity contribution is 0.211. The van der Waals surface area contributed by atoms with E-state index in [0.29, 0.717) is 12.5 Å². The number of rotatable bonds is 6. The van der Waals surface area contributed by atoms with Crippen LogP contribution in [-0.2, 0) is 6.61 Å². The van der Waals surface area contributed by atoms with Crippen LogP contribution in [0.15, 0.2) is 18.3 Å². The Hall–Kier alpha value is -1.17. The summed E-state index contributed by atoms with van der Waals surface area (Å²) in [5.41, 5.74) is 0.808. The molecule has 2 N–H and O–H groups in total. The summed E-state index contributed by atoms with van der Waals surface area (Å²) >= 11 is 0. The van der Waals surface area contributed by atoms with Crippen molar-refractivity contribution in [3.8, 4) is 5.88 Å². The molecular formula is C16H29N3O2. The van der Waals surface area contributed by atoms with Crippen molar-refractivity contribution in [1.82, 2.24) is 15.2 Å². The minimum atomic E-state index is 0.0241. The van der Waals surface area contributed by atoms with E-state index >= 15 is 0 Å². The molecule has 1 aromatic rings. The van der Waals surface area contributed by atoms with Crippen molar-refractivity contribution in [1.29, 1.82) is 0 Å². The Morgan fingerprint density at radius 1 is 1.29 bits per heavy atom. The van der Waals surface area contributed by atoms with Crippen molar-refractivity contribution in [2.45, 2.75) is 33.3 Å². The van der Waals surface area contributed by atoms with Crippen molar-refractivity contribution >= 4 is 0 Å². The standard InChI is InChI=1S/C13H21N3O2.C3H8/c17-11-12-2-3-13(15-10-12)18-9-1-6-16-7-4-14-5-8-16;1-3-2/h2-3,10,14,17H,1,4-9,11H2;3H2,1-2H3. The second kappa shape index (κ2) is 11.5. The molecule has 120 valence electrons. The van der Waals surface area contributed by atoms with Gasteiger partial charge in [-0.3, -0.25) is 0 Å². The maximum absolute atomic E-state index is 8.90. The van der Waals surface area contributed by atoms with E-state index in [0.717, 1.165) is 44.7 Å². The fraction of sp³-hybridized carbons (Fsp3) is 0.688. The van der Waals surface area contributed by atoms with Gasteiger partial charge < -0.3 is 20.1 Å². The molecule has 0 aliphatic carbocycles. The Balaban J connectivity index is 0.000000677. The van der Waals surface area contributed by atoms with Gasteiger partial charge in [0.25, 0.3) is 0 Å². The third-order valence-corrected chi connectivity index (χ3v) is 3.06. The van der Waals surface area contributed by atoms with Crippen LogP contribution in [0.2, 0.25) is 0 Å². The monoisotopic (exact) mass is 295 g/mol. The molecule has 0 saturated carbocycles. The summed E-state index contributed by atoms with van der Waals surface area (Å²) in [6, 6.07) is 3.63. The predicted molar refractivity (Wildman–Crippen MR) is 85.5 cm³/mol. The lowest BCUT2D eigenvalue weighted by atomic mass is 10.3. The molecule has 0 spiro atoms. The number of aliphatic hydroxyl groups excluding tert-OH is 1. The van der Waals surface area contributed by atoms with Crippen LogP contribution >= 0.6 is 0 Å². The van der Waals surface area contributed by atoms with Crippen LogP contribution in [0, 0.1) is 0 Å². The van der Waals surface area contributed by atoms with Crippen LogP contribution in [0.4, 0.5) is 0 Å². The zero-order chi connectivity index (χ0) is 15.3. The summed E-state index contributed by atoms with van der Waals surface area (Å²) in [4.78, 5) is 6.57. The quantitative estimate of drug-likeness (QED) is 0.782. The number of ether oxygens (including phenoxy) is 1. The van der Waals surface area contributed by atoms with E-state index in [1.807, 2.05) is 6.07 Å². The fourth-order valence-electron chi connectivity index (χ4n) is 1.99. The molecule has 1 saturated heterocycles. The first-order valence-electron chi connectivity index (χ1n) is 7.91. The maximum Gasteiger partial charge on any atom is 0.213 e. The highest BCUT2D eigenvalue weighted by molar-refractivity contribution is 5.16. The summed E-state index contributed by atoms with van der Waals surface area (Å²) in [5, 5.41) is 12.2. The van der Waals surface area contributed by atoms with Gasteiger partial charge in [-0.1, -0.05) is 20.3 Å². The Bertz CT molecular complexity index is 351. The topological polar surface area (TPSA) is 57.6 Å². The minimum Gasteiger partial charge on any atom is -0.478 e.